The Hall–Kier alpha value is -0.760. The van der Waals surface area contributed by atoms with Crippen LogP contribution in [0.2, 0.25) is 5.02 Å². The number of hydrogen-bond donors (Lipinski definition) is 2. The van der Waals surface area contributed by atoms with Crippen LogP contribution in [-0.4, -0.2) is 17.6 Å². The first-order valence-corrected chi connectivity index (χ1v) is 5.69. The Labute approximate surface area is 129 Å². The molecule has 0 amide bonds. The van der Waals surface area contributed by atoms with Gasteiger partial charge in [0.25, 0.3) is 0 Å². The van der Waals surface area contributed by atoms with Crippen LogP contribution in [0.25, 0.3) is 0 Å². The van der Waals surface area contributed by atoms with Crippen LogP contribution in [0.15, 0.2) is 17.3 Å². The molecule has 102 valence electrons. The lowest BCUT2D eigenvalue weighted by molar-refractivity contribution is 0.261. The fourth-order valence-corrected chi connectivity index (χ4v) is 1.33. The molecular formula is C11H18ClIN4O. The fourth-order valence-electron chi connectivity index (χ4n) is 1.09. The second kappa shape index (κ2) is 8.36. The molecule has 1 aromatic heterocycles. The molecule has 0 saturated heterocycles. The minimum Gasteiger partial charge on any atom is -0.476 e. The highest BCUT2D eigenvalue weighted by molar-refractivity contribution is 14.0. The van der Waals surface area contributed by atoms with Crippen molar-refractivity contribution in [1.82, 2.24) is 4.98 Å². The van der Waals surface area contributed by atoms with Gasteiger partial charge in [-0.3, -0.25) is 0 Å². The second-order valence-electron chi connectivity index (χ2n) is 4.08. The van der Waals surface area contributed by atoms with Gasteiger partial charge in [-0.1, -0.05) is 25.4 Å². The van der Waals surface area contributed by atoms with Crippen molar-refractivity contribution < 1.29 is 4.74 Å². The van der Waals surface area contributed by atoms with Gasteiger partial charge >= 0.3 is 0 Å². The third kappa shape index (κ3) is 6.25. The average Bonchev–Trinajstić information content (AvgIpc) is 2.24. The van der Waals surface area contributed by atoms with Gasteiger partial charge in [-0.05, 0) is 17.5 Å². The van der Waals surface area contributed by atoms with Gasteiger partial charge < -0.3 is 16.2 Å². The Morgan fingerprint density at radius 1 is 1.50 bits per heavy atom. The summed E-state index contributed by atoms with van der Waals surface area (Å²) in [7, 11) is 0. The summed E-state index contributed by atoms with van der Waals surface area (Å²) in [6.45, 7) is 5.06. The van der Waals surface area contributed by atoms with E-state index >= 15 is 0 Å². The van der Waals surface area contributed by atoms with Gasteiger partial charge in [0.2, 0.25) is 5.88 Å². The number of nitrogens with two attached hydrogens (primary N) is 2. The molecule has 0 aliphatic carbocycles. The summed E-state index contributed by atoms with van der Waals surface area (Å²) >= 11 is 6.03. The van der Waals surface area contributed by atoms with Crippen LogP contribution in [0.4, 0.5) is 0 Å². The zero-order valence-corrected chi connectivity index (χ0v) is 13.5. The van der Waals surface area contributed by atoms with Gasteiger partial charge in [0.05, 0.1) is 13.2 Å². The number of halogens is 2. The Bertz CT molecular complexity index is 408. The summed E-state index contributed by atoms with van der Waals surface area (Å²) in [5.74, 6) is 0.907. The normalized spacial score (nSPS) is 9.78. The average molecular weight is 385 g/mol. The van der Waals surface area contributed by atoms with Crippen molar-refractivity contribution in [2.75, 3.05) is 6.61 Å². The number of hydrogen-bond acceptors (Lipinski definition) is 3. The highest BCUT2D eigenvalue weighted by Crippen LogP contribution is 2.23. The van der Waals surface area contributed by atoms with Crippen LogP contribution < -0.4 is 16.2 Å². The van der Waals surface area contributed by atoms with Crippen molar-refractivity contribution in [2.24, 2.45) is 22.4 Å². The molecule has 1 rings (SSSR count). The molecule has 4 N–H and O–H groups in total. The number of aliphatic imine (C=N–C) groups is 1. The molecule has 18 heavy (non-hydrogen) atoms. The lowest BCUT2D eigenvalue weighted by Crippen LogP contribution is -2.22. The maximum Gasteiger partial charge on any atom is 0.232 e. The molecule has 1 aromatic rings. The second-order valence-corrected chi connectivity index (χ2v) is 4.48. The van der Waals surface area contributed by atoms with Gasteiger partial charge in [0.1, 0.15) is 5.02 Å². The van der Waals surface area contributed by atoms with E-state index in [0.717, 1.165) is 5.56 Å². The Kier molecular flexibility index (Phi) is 8.01. The molecule has 1 heterocycles. The third-order valence-corrected chi connectivity index (χ3v) is 2.13. The quantitative estimate of drug-likeness (QED) is 0.463. The fraction of sp³-hybridized carbons (Fsp3) is 0.455. The Balaban J connectivity index is 0.00000289. The van der Waals surface area contributed by atoms with Crippen molar-refractivity contribution in [2.45, 2.75) is 20.4 Å². The van der Waals surface area contributed by atoms with E-state index in [4.69, 9.17) is 27.8 Å². The lowest BCUT2D eigenvalue weighted by atomic mass is 10.2. The molecule has 0 spiro atoms. The maximum atomic E-state index is 6.03. The first-order valence-electron chi connectivity index (χ1n) is 5.31. The van der Waals surface area contributed by atoms with E-state index in [0.29, 0.717) is 30.0 Å². The van der Waals surface area contributed by atoms with Crippen LogP contribution >= 0.6 is 35.6 Å². The maximum absolute atomic E-state index is 6.03. The molecule has 0 aromatic carbocycles. The zero-order chi connectivity index (χ0) is 12.8. The third-order valence-electron chi connectivity index (χ3n) is 1.86. The molecule has 5 nitrogen and oxygen atoms in total. The van der Waals surface area contributed by atoms with Crippen molar-refractivity contribution in [3.05, 3.63) is 22.8 Å². The zero-order valence-electron chi connectivity index (χ0n) is 10.4. The number of rotatable bonds is 5. The molecule has 0 fully saturated rings. The highest BCUT2D eigenvalue weighted by Gasteiger charge is 2.05. The van der Waals surface area contributed by atoms with E-state index in [9.17, 15) is 0 Å². The smallest absolute Gasteiger partial charge is 0.232 e. The summed E-state index contributed by atoms with van der Waals surface area (Å²) in [6.07, 6.45) is 1.65. The van der Waals surface area contributed by atoms with Gasteiger partial charge in [0.15, 0.2) is 5.96 Å². The number of pyridine rings is 1. The van der Waals surface area contributed by atoms with E-state index in [2.05, 4.69) is 23.8 Å². The molecule has 0 aliphatic rings. The number of ether oxygens (including phenoxy) is 1. The Morgan fingerprint density at radius 2 is 2.17 bits per heavy atom. The molecule has 0 unspecified atom stereocenters. The first kappa shape index (κ1) is 17.2. The molecule has 7 heteroatoms. The van der Waals surface area contributed by atoms with Crippen LogP contribution in [-0.2, 0) is 6.54 Å². The van der Waals surface area contributed by atoms with Crippen molar-refractivity contribution in [1.29, 1.82) is 0 Å². The van der Waals surface area contributed by atoms with Gasteiger partial charge in [-0.2, -0.15) is 0 Å². The standard InChI is InChI=1S/C11H17ClN4O.HI/c1-7(2)6-17-10-9(12)3-8(4-15-10)5-16-11(13)14;/h3-4,7H,5-6H2,1-2H3,(H4,13,14,16);1H. The first-order chi connectivity index (χ1) is 7.99. The predicted molar refractivity (Wildman–Crippen MR) is 84.5 cm³/mol. The van der Waals surface area contributed by atoms with E-state index in [-0.39, 0.29) is 29.9 Å². The summed E-state index contributed by atoms with van der Waals surface area (Å²) in [4.78, 5) is 8.00. The van der Waals surface area contributed by atoms with Gasteiger partial charge in [0, 0.05) is 6.20 Å². The van der Waals surface area contributed by atoms with E-state index in [1.807, 2.05) is 0 Å². The minimum absolute atomic E-state index is 0. The van der Waals surface area contributed by atoms with Crippen molar-refractivity contribution in [3.63, 3.8) is 0 Å². The summed E-state index contributed by atoms with van der Waals surface area (Å²) < 4.78 is 5.45. The van der Waals surface area contributed by atoms with Crippen LogP contribution in [0.1, 0.15) is 19.4 Å². The molecule has 0 aliphatic heterocycles. The largest absolute Gasteiger partial charge is 0.476 e. The van der Waals surface area contributed by atoms with E-state index in [1.54, 1.807) is 12.3 Å². The van der Waals surface area contributed by atoms with Gasteiger partial charge in [-0.25, -0.2) is 9.98 Å². The number of aromatic nitrogens is 1. The molecule has 0 radical (unpaired) electrons. The summed E-state index contributed by atoms with van der Waals surface area (Å²) in [6, 6.07) is 1.75. The van der Waals surface area contributed by atoms with Crippen molar-refractivity contribution >= 4 is 41.5 Å². The highest BCUT2D eigenvalue weighted by atomic mass is 127. The monoisotopic (exact) mass is 384 g/mol. The topological polar surface area (TPSA) is 86.5 Å². The molecule has 0 bridgehead atoms. The SMILES string of the molecule is CC(C)COc1ncc(CN=C(N)N)cc1Cl.I. The minimum atomic E-state index is 0. The van der Waals surface area contributed by atoms with Crippen LogP contribution in [0, 0.1) is 5.92 Å². The summed E-state index contributed by atoms with van der Waals surface area (Å²) in [5.41, 5.74) is 11.3. The Morgan fingerprint density at radius 3 is 2.67 bits per heavy atom. The molecule has 0 atom stereocenters. The summed E-state index contributed by atoms with van der Waals surface area (Å²) in [5, 5.41) is 0.467. The predicted octanol–water partition coefficient (Wildman–Crippen LogP) is 2.16. The van der Waals surface area contributed by atoms with Crippen LogP contribution in [0.5, 0.6) is 5.88 Å². The van der Waals surface area contributed by atoms with Crippen LogP contribution in [0.3, 0.4) is 0 Å². The number of nitrogens with zero attached hydrogens (tertiary/aromatic N) is 2. The molecular weight excluding hydrogens is 367 g/mol. The number of guanidine groups is 1. The van der Waals surface area contributed by atoms with Gasteiger partial charge in [-0.15, -0.1) is 24.0 Å². The molecule has 0 saturated carbocycles. The van der Waals surface area contributed by atoms with E-state index < -0.39 is 0 Å². The van der Waals surface area contributed by atoms with E-state index in [1.165, 1.54) is 0 Å². The van der Waals surface area contributed by atoms with Crippen molar-refractivity contribution in [3.8, 4) is 5.88 Å². The lowest BCUT2D eigenvalue weighted by Gasteiger charge is -2.09.